The maximum atomic E-state index is 5.81. The molecular weight excluding hydrogens is 162 g/mol. The second kappa shape index (κ2) is 3.18. The number of hydrogen-bond acceptors (Lipinski definition) is 2. The molecule has 13 heavy (non-hydrogen) atoms. The molecule has 1 aromatic rings. The Morgan fingerprint density at radius 2 is 2.38 bits per heavy atom. The highest BCUT2D eigenvalue weighted by Crippen LogP contribution is 2.46. The van der Waals surface area contributed by atoms with E-state index < -0.39 is 0 Å². The molecule has 2 rings (SSSR count). The Bertz CT molecular complexity index is 260. The first kappa shape index (κ1) is 8.82. The van der Waals surface area contributed by atoms with E-state index in [1.807, 2.05) is 12.1 Å². The minimum Gasteiger partial charge on any atom is -0.469 e. The summed E-state index contributed by atoms with van der Waals surface area (Å²) in [4.78, 5) is 0. The van der Waals surface area contributed by atoms with Gasteiger partial charge in [0.2, 0.25) is 0 Å². The summed E-state index contributed by atoms with van der Waals surface area (Å²) in [6, 6.07) is 3.99. The van der Waals surface area contributed by atoms with Gasteiger partial charge in [0.1, 0.15) is 5.76 Å². The van der Waals surface area contributed by atoms with Crippen molar-refractivity contribution in [3.63, 3.8) is 0 Å². The van der Waals surface area contributed by atoms with Crippen LogP contribution in [0.4, 0.5) is 0 Å². The molecule has 0 saturated heterocycles. The number of nitrogens with two attached hydrogens (primary N) is 1. The Labute approximate surface area is 79.1 Å². The van der Waals surface area contributed by atoms with Gasteiger partial charge in [-0.1, -0.05) is 6.92 Å². The lowest BCUT2D eigenvalue weighted by Crippen LogP contribution is -2.43. The lowest BCUT2D eigenvalue weighted by atomic mass is 9.60. The van der Waals surface area contributed by atoms with Crippen LogP contribution in [-0.2, 0) is 6.42 Å². The van der Waals surface area contributed by atoms with Crippen molar-refractivity contribution in [3.05, 3.63) is 24.2 Å². The molecule has 2 nitrogen and oxygen atoms in total. The molecule has 0 atom stereocenters. The average Bonchev–Trinajstić information content (AvgIpc) is 2.53. The molecule has 1 aromatic heterocycles. The standard InChI is InChI=1S/C11H17NO/c1-9-5-11(6-9,8-12)7-10-3-2-4-13-10/h2-4,9H,5-8,12H2,1H3. The van der Waals surface area contributed by atoms with Crippen LogP contribution in [0.1, 0.15) is 25.5 Å². The molecule has 0 radical (unpaired) electrons. The van der Waals surface area contributed by atoms with Crippen molar-refractivity contribution < 1.29 is 4.42 Å². The van der Waals surface area contributed by atoms with Crippen LogP contribution < -0.4 is 5.73 Å². The summed E-state index contributed by atoms with van der Waals surface area (Å²) in [5, 5.41) is 0. The maximum Gasteiger partial charge on any atom is 0.104 e. The molecule has 1 aliphatic carbocycles. The van der Waals surface area contributed by atoms with Crippen molar-refractivity contribution >= 4 is 0 Å². The highest BCUT2D eigenvalue weighted by molar-refractivity contribution is 5.06. The third-order valence-electron chi connectivity index (χ3n) is 3.13. The van der Waals surface area contributed by atoms with Crippen LogP contribution in [0.2, 0.25) is 0 Å². The van der Waals surface area contributed by atoms with Crippen molar-refractivity contribution in [1.29, 1.82) is 0 Å². The van der Waals surface area contributed by atoms with Gasteiger partial charge < -0.3 is 10.2 Å². The second-order valence-electron chi connectivity index (χ2n) is 4.47. The molecule has 1 aliphatic rings. The summed E-state index contributed by atoms with van der Waals surface area (Å²) in [5.41, 5.74) is 6.15. The SMILES string of the molecule is CC1CC(CN)(Cc2ccco2)C1. The fourth-order valence-electron chi connectivity index (χ4n) is 2.58. The minimum absolute atomic E-state index is 0.345. The summed E-state index contributed by atoms with van der Waals surface area (Å²) in [6.45, 7) is 3.08. The minimum atomic E-state index is 0.345. The molecule has 0 amide bonds. The van der Waals surface area contributed by atoms with E-state index in [4.69, 9.17) is 10.2 Å². The molecule has 1 heterocycles. The van der Waals surface area contributed by atoms with Gasteiger partial charge in [0.25, 0.3) is 0 Å². The molecular formula is C11H17NO. The first-order valence-electron chi connectivity index (χ1n) is 4.97. The van der Waals surface area contributed by atoms with Crippen molar-refractivity contribution in [2.75, 3.05) is 6.54 Å². The van der Waals surface area contributed by atoms with Gasteiger partial charge in [0, 0.05) is 6.42 Å². The third-order valence-corrected chi connectivity index (χ3v) is 3.13. The fraction of sp³-hybridized carbons (Fsp3) is 0.636. The normalized spacial score (nSPS) is 32.9. The molecule has 0 bridgehead atoms. The predicted molar refractivity (Wildman–Crippen MR) is 52.3 cm³/mol. The van der Waals surface area contributed by atoms with E-state index in [0.717, 1.165) is 24.6 Å². The Morgan fingerprint density at radius 3 is 2.85 bits per heavy atom. The van der Waals surface area contributed by atoms with E-state index in [1.165, 1.54) is 12.8 Å². The summed E-state index contributed by atoms with van der Waals surface area (Å²) >= 11 is 0. The lowest BCUT2D eigenvalue weighted by Gasteiger charge is -2.45. The smallest absolute Gasteiger partial charge is 0.104 e. The first-order valence-corrected chi connectivity index (χ1v) is 4.97. The van der Waals surface area contributed by atoms with Crippen LogP contribution in [-0.4, -0.2) is 6.54 Å². The van der Waals surface area contributed by atoms with Gasteiger partial charge in [-0.25, -0.2) is 0 Å². The summed E-state index contributed by atoms with van der Waals surface area (Å²) < 4.78 is 5.35. The summed E-state index contributed by atoms with van der Waals surface area (Å²) in [6.07, 6.45) is 5.26. The van der Waals surface area contributed by atoms with Gasteiger partial charge in [-0.15, -0.1) is 0 Å². The molecule has 2 heteroatoms. The van der Waals surface area contributed by atoms with Crippen molar-refractivity contribution in [3.8, 4) is 0 Å². The Morgan fingerprint density at radius 1 is 1.62 bits per heavy atom. The molecule has 0 aromatic carbocycles. The van der Waals surface area contributed by atoms with Gasteiger partial charge in [-0.3, -0.25) is 0 Å². The maximum absolute atomic E-state index is 5.81. The van der Waals surface area contributed by atoms with Crippen LogP contribution in [0, 0.1) is 11.3 Å². The average molecular weight is 179 g/mol. The van der Waals surface area contributed by atoms with E-state index in [9.17, 15) is 0 Å². The van der Waals surface area contributed by atoms with E-state index in [2.05, 4.69) is 6.92 Å². The zero-order valence-electron chi connectivity index (χ0n) is 8.12. The number of rotatable bonds is 3. The van der Waals surface area contributed by atoms with Gasteiger partial charge in [0.05, 0.1) is 6.26 Å². The third kappa shape index (κ3) is 1.63. The predicted octanol–water partition coefficient (Wildman–Crippen LogP) is 2.20. The van der Waals surface area contributed by atoms with Crippen LogP contribution in [0.25, 0.3) is 0 Å². The monoisotopic (exact) mass is 179 g/mol. The van der Waals surface area contributed by atoms with E-state index in [1.54, 1.807) is 6.26 Å². The highest BCUT2D eigenvalue weighted by Gasteiger charge is 2.41. The molecule has 72 valence electrons. The lowest BCUT2D eigenvalue weighted by molar-refractivity contribution is 0.0699. The van der Waals surface area contributed by atoms with Gasteiger partial charge in [-0.05, 0) is 42.9 Å². The fourth-order valence-corrected chi connectivity index (χ4v) is 2.58. The molecule has 2 N–H and O–H groups in total. The van der Waals surface area contributed by atoms with Gasteiger partial charge >= 0.3 is 0 Å². The van der Waals surface area contributed by atoms with Crippen molar-refractivity contribution in [1.82, 2.24) is 0 Å². The van der Waals surface area contributed by atoms with Gasteiger partial charge in [-0.2, -0.15) is 0 Å². The van der Waals surface area contributed by atoms with Crippen molar-refractivity contribution in [2.45, 2.75) is 26.2 Å². The van der Waals surface area contributed by atoms with E-state index in [-0.39, 0.29) is 0 Å². The largest absolute Gasteiger partial charge is 0.469 e. The Hall–Kier alpha value is -0.760. The Balaban J connectivity index is 2.00. The van der Waals surface area contributed by atoms with Crippen LogP contribution in [0.5, 0.6) is 0 Å². The van der Waals surface area contributed by atoms with Crippen LogP contribution >= 0.6 is 0 Å². The zero-order valence-corrected chi connectivity index (χ0v) is 8.12. The summed E-state index contributed by atoms with van der Waals surface area (Å²) in [5.74, 6) is 1.93. The van der Waals surface area contributed by atoms with E-state index in [0.29, 0.717) is 5.41 Å². The summed E-state index contributed by atoms with van der Waals surface area (Å²) in [7, 11) is 0. The number of hydrogen-bond donors (Lipinski definition) is 1. The molecule has 1 fully saturated rings. The molecule has 1 saturated carbocycles. The Kier molecular flexibility index (Phi) is 2.16. The highest BCUT2D eigenvalue weighted by atomic mass is 16.3. The second-order valence-corrected chi connectivity index (χ2v) is 4.47. The number of furan rings is 1. The molecule has 0 spiro atoms. The van der Waals surface area contributed by atoms with E-state index >= 15 is 0 Å². The van der Waals surface area contributed by atoms with Gasteiger partial charge in [0.15, 0.2) is 0 Å². The van der Waals surface area contributed by atoms with Crippen LogP contribution in [0.15, 0.2) is 22.8 Å². The topological polar surface area (TPSA) is 39.2 Å². The van der Waals surface area contributed by atoms with Crippen molar-refractivity contribution in [2.24, 2.45) is 17.1 Å². The molecule has 0 aliphatic heterocycles. The first-order chi connectivity index (χ1) is 6.24. The van der Waals surface area contributed by atoms with Crippen LogP contribution in [0.3, 0.4) is 0 Å². The molecule has 0 unspecified atom stereocenters. The quantitative estimate of drug-likeness (QED) is 0.772. The zero-order chi connectivity index (χ0) is 9.31.